The molecule has 9 nitrogen and oxygen atoms in total. The number of hydrogen-bond acceptors (Lipinski definition) is 8. The van der Waals surface area contributed by atoms with Crippen molar-refractivity contribution >= 4 is 34.8 Å². The second kappa shape index (κ2) is 7.86. The van der Waals surface area contributed by atoms with Crippen molar-refractivity contribution in [3.05, 3.63) is 47.7 Å². The van der Waals surface area contributed by atoms with Gasteiger partial charge in [-0.25, -0.2) is 9.98 Å². The van der Waals surface area contributed by atoms with E-state index in [0.29, 0.717) is 47.5 Å². The van der Waals surface area contributed by atoms with Crippen LogP contribution in [0.5, 0.6) is 11.5 Å². The highest BCUT2D eigenvalue weighted by Gasteiger charge is 2.31. The second-order valence-corrected chi connectivity index (χ2v) is 6.67. The van der Waals surface area contributed by atoms with Crippen molar-refractivity contribution in [1.82, 2.24) is 9.88 Å². The molecule has 2 N–H and O–H groups in total. The predicted octanol–water partition coefficient (Wildman–Crippen LogP) is 2.76. The van der Waals surface area contributed by atoms with Crippen LogP contribution in [0, 0.1) is 0 Å². The molecule has 4 rings (SSSR count). The van der Waals surface area contributed by atoms with Crippen molar-refractivity contribution in [1.29, 1.82) is 0 Å². The number of hydrogen-bond donors (Lipinski definition) is 2. The van der Waals surface area contributed by atoms with Gasteiger partial charge in [0.2, 0.25) is 5.91 Å². The van der Waals surface area contributed by atoms with Crippen LogP contribution in [0.1, 0.15) is 18.1 Å². The first-order valence-electron chi connectivity index (χ1n) is 9.32. The zero-order valence-electron chi connectivity index (χ0n) is 16.8. The largest absolute Gasteiger partial charge is 0.507 e. The Kier molecular flexibility index (Phi) is 5.09. The van der Waals surface area contributed by atoms with Gasteiger partial charge in [-0.3, -0.25) is 9.79 Å². The number of amidine groups is 2. The summed E-state index contributed by atoms with van der Waals surface area (Å²) < 4.78 is 10.9. The van der Waals surface area contributed by atoms with E-state index in [1.165, 1.54) is 13.1 Å². The SMILES string of the molecule is COc1ccc2c(c1OC)N=C(C=C(O)c1ccc(NC(C)=O)nc1)N1CCN=C21. The van der Waals surface area contributed by atoms with Crippen LogP contribution in [0.25, 0.3) is 5.76 Å². The fourth-order valence-electron chi connectivity index (χ4n) is 3.39. The molecule has 2 aromatic rings. The van der Waals surface area contributed by atoms with Gasteiger partial charge in [-0.15, -0.1) is 0 Å². The number of aliphatic hydroxyl groups excluding tert-OH is 1. The number of ether oxygens (including phenoxy) is 2. The number of amides is 1. The summed E-state index contributed by atoms with van der Waals surface area (Å²) in [7, 11) is 3.13. The molecule has 0 saturated heterocycles. The number of pyridine rings is 1. The molecule has 9 heteroatoms. The molecule has 0 saturated carbocycles. The Bertz CT molecular complexity index is 1090. The van der Waals surface area contributed by atoms with Crippen molar-refractivity contribution in [2.45, 2.75) is 6.92 Å². The molecule has 0 spiro atoms. The number of benzene rings is 1. The van der Waals surface area contributed by atoms with Gasteiger partial charge >= 0.3 is 0 Å². The van der Waals surface area contributed by atoms with E-state index in [1.54, 1.807) is 32.4 Å². The normalized spacial score (nSPS) is 15.0. The molecule has 2 aliphatic heterocycles. The van der Waals surface area contributed by atoms with Crippen molar-refractivity contribution in [2.75, 3.05) is 32.6 Å². The number of anilines is 1. The number of fused-ring (bicyclic) bond motifs is 3. The molecule has 0 fully saturated rings. The second-order valence-electron chi connectivity index (χ2n) is 6.67. The molecule has 0 radical (unpaired) electrons. The fraction of sp³-hybridized carbons (Fsp3) is 0.238. The Balaban J connectivity index is 1.74. The van der Waals surface area contributed by atoms with E-state index >= 15 is 0 Å². The molecule has 0 atom stereocenters. The molecule has 0 unspecified atom stereocenters. The lowest BCUT2D eigenvalue weighted by Gasteiger charge is -2.27. The molecule has 0 bridgehead atoms. The minimum absolute atomic E-state index is 0.00723. The minimum Gasteiger partial charge on any atom is -0.507 e. The fourth-order valence-corrected chi connectivity index (χ4v) is 3.39. The maximum absolute atomic E-state index is 11.1. The van der Waals surface area contributed by atoms with Gasteiger partial charge in [0.15, 0.2) is 11.5 Å². The van der Waals surface area contributed by atoms with E-state index in [1.807, 2.05) is 17.0 Å². The van der Waals surface area contributed by atoms with Gasteiger partial charge in [0.1, 0.15) is 28.9 Å². The van der Waals surface area contributed by atoms with Crippen LogP contribution in [0.15, 0.2) is 46.5 Å². The quantitative estimate of drug-likeness (QED) is 0.738. The number of nitrogens with one attached hydrogen (secondary N) is 1. The van der Waals surface area contributed by atoms with Crippen molar-refractivity contribution in [3.8, 4) is 11.5 Å². The first-order chi connectivity index (χ1) is 14.5. The molecular formula is C21H21N5O4. The van der Waals surface area contributed by atoms with Gasteiger partial charge in [-0.1, -0.05) is 0 Å². The predicted molar refractivity (Wildman–Crippen MR) is 114 cm³/mol. The Labute approximate surface area is 173 Å². The van der Waals surface area contributed by atoms with E-state index in [0.717, 1.165) is 11.4 Å². The summed E-state index contributed by atoms with van der Waals surface area (Å²) in [5, 5.41) is 13.3. The van der Waals surface area contributed by atoms with E-state index < -0.39 is 0 Å². The first kappa shape index (κ1) is 19.4. The van der Waals surface area contributed by atoms with Crippen molar-refractivity contribution in [2.24, 2.45) is 9.98 Å². The Morgan fingerprint density at radius 2 is 2.07 bits per heavy atom. The number of aliphatic hydroxyl groups is 1. The standard InChI is InChI=1S/C21H21N5O4/c1-12(27)24-17-7-4-13(11-23-17)15(28)10-18-25-19-14(21-22-8-9-26(18)21)5-6-16(29-2)20(19)30-3/h4-7,10-11,28H,8-9H2,1-3H3,(H,23,24,27). The molecule has 0 aliphatic carbocycles. The number of rotatable bonds is 5. The highest BCUT2D eigenvalue weighted by Crippen LogP contribution is 2.43. The average Bonchev–Trinajstić information content (AvgIpc) is 3.23. The minimum atomic E-state index is -0.213. The van der Waals surface area contributed by atoms with Gasteiger partial charge in [0.25, 0.3) is 0 Å². The third-order valence-electron chi connectivity index (χ3n) is 4.73. The topological polar surface area (TPSA) is 109 Å². The summed E-state index contributed by atoms with van der Waals surface area (Å²) in [4.78, 5) is 26.6. The van der Waals surface area contributed by atoms with Gasteiger partial charge in [-0.2, -0.15) is 0 Å². The third-order valence-corrected chi connectivity index (χ3v) is 4.73. The van der Waals surface area contributed by atoms with Gasteiger partial charge in [0, 0.05) is 36.9 Å². The summed E-state index contributed by atoms with van der Waals surface area (Å²) in [5.41, 5.74) is 1.95. The maximum Gasteiger partial charge on any atom is 0.222 e. The molecule has 30 heavy (non-hydrogen) atoms. The zero-order valence-corrected chi connectivity index (χ0v) is 16.8. The van der Waals surface area contributed by atoms with Crippen LogP contribution in [0.2, 0.25) is 0 Å². The molecule has 154 valence electrons. The van der Waals surface area contributed by atoms with Gasteiger partial charge in [0.05, 0.1) is 20.8 Å². The summed E-state index contributed by atoms with van der Waals surface area (Å²) in [6.07, 6.45) is 3.05. The Morgan fingerprint density at radius 3 is 2.73 bits per heavy atom. The monoisotopic (exact) mass is 407 g/mol. The highest BCUT2D eigenvalue weighted by atomic mass is 16.5. The van der Waals surface area contributed by atoms with Crippen LogP contribution in [-0.4, -0.2) is 59.9 Å². The smallest absolute Gasteiger partial charge is 0.222 e. The summed E-state index contributed by atoms with van der Waals surface area (Å²) in [5.74, 6) is 2.58. The first-order valence-corrected chi connectivity index (χ1v) is 9.32. The lowest BCUT2D eigenvalue weighted by atomic mass is 10.1. The summed E-state index contributed by atoms with van der Waals surface area (Å²) in [6.45, 7) is 2.69. The van der Waals surface area contributed by atoms with Gasteiger partial charge in [-0.05, 0) is 24.3 Å². The van der Waals surface area contributed by atoms with Crippen LogP contribution in [0.3, 0.4) is 0 Å². The Hall–Kier alpha value is -3.88. The number of aliphatic imine (C=N–C) groups is 2. The lowest BCUT2D eigenvalue weighted by molar-refractivity contribution is -0.114. The molecule has 2 aliphatic rings. The van der Waals surface area contributed by atoms with Crippen LogP contribution < -0.4 is 14.8 Å². The number of carbonyl (C=O) groups excluding carboxylic acids is 1. The van der Waals surface area contributed by atoms with E-state index in [-0.39, 0.29) is 11.7 Å². The lowest BCUT2D eigenvalue weighted by Crippen LogP contribution is -2.36. The number of aromatic nitrogens is 1. The molecule has 1 aromatic heterocycles. The summed E-state index contributed by atoms with van der Waals surface area (Å²) in [6, 6.07) is 7.02. The van der Waals surface area contributed by atoms with E-state index in [4.69, 9.17) is 14.5 Å². The molecule has 3 heterocycles. The maximum atomic E-state index is 11.1. The van der Waals surface area contributed by atoms with E-state index in [2.05, 4.69) is 15.3 Å². The molecule has 1 amide bonds. The molecule has 1 aromatic carbocycles. The van der Waals surface area contributed by atoms with Gasteiger partial charge < -0.3 is 24.8 Å². The Morgan fingerprint density at radius 1 is 1.23 bits per heavy atom. The van der Waals surface area contributed by atoms with Crippen LogP contribution in [-0.2, 0) is 4.79 Å². The van der Waals surface area contributed by atoms with Crippen LogP contribution in [0.4, 0.5) is 11.5 Å². The third kappa shape index (κ3) is 3.45. The number of nitrogens with zero attached hydrogens (tertiary/aromatic N) is 4. The average molecular weight is 407 g/mol. The van der Waals surface area contributed by atoms with Crippen molar-refractivity contribution in [3.63, 3.8) is 0 Å². The number of carbonyl (C=O) groups is 1. The van der Waals surface area contributed by atoms with Crippen LogP contribution >= 0.6 is 0 Å². The zero-order chi connectivity index (χ0) is 21.3. The molecular weight excluding hydrogens is 386 g/mol. The number of methoxy groups -OCH3 is 2. The summed E-state index contributed by atoms with van der Waals surface area (Å²) >= 11 is 0. The highest BCUT2D eigenvalue weighted by molar-refractivity contribution is 6.20. The van der Waals surface area contributed by atoms with E-state index in [9.17, 15) is 9.90 Å². The van der Waals surface area contributed by atoms with Crippen molar-refractivity contribution < 1.29 is 19.4 Å².